The Labute approximate surface area is 305 Å². The van der Waals surface area contributed by atoms with Gasteiger partial charge in [0, 0.05) is 31.0 Å². The zero-order chi connectivity index (χ0) is 39.2. The molecule has 0 aliphatic carbocycles. The Morgan fingerprint density at radius 1 is 0.608 bits per heavy atom. The van der Waals surface area contributed by atoms with Gasteiger partial charge >= 0.3 is 0 Å². The topological polar surface area (TPSA) is 44.4 Å². The number of benzene rings is 6. The second-order valence-corrected chi connectivity index (χ2v) is 16.7. The number of ether oxygens (including phenoxy) is 1. The van der Waals surface area contributed by atoms with E-state index in [1.165, 1.54) is 0 Å². The van der Waals surface area contributed by atoms with Crippen LogP contribution in [0, 0.1) is 0 Å². The Morgan fingerprint density at radius 3 is 2.02 bits per heavy atom. The zero-order valence-corrected chi connectivity index (χ0v) is 28.4. The van der Waals surface area contributed by atoms with Crippen molar-refractivity contribution in [2.45, 2.75) is 19.1 Å². The first-order chi connectivity index (χ1) is 27.6. The monoisotopic (exact) mass is 680 g/mol. The van der Waals surface area contributed by atoms with E-state index in [2.05, 4.69) is 57.5 Å². The Kier molecular flexibility index (Phi) is 5.24. The molecule has 3 aromatic heterocycles. The van der Waals surface area contributed by atoms with Gasteiger partial charge in [-0.05, 0) is 63.2 Å². The summed E-state index contributed by atoms with van der Waals surface area (Å²) in [5.74, 6) is 1.81. The molecular formula is C45H34N4OSi. The number of rotatable bonds is 5. The highest BCUT2D eigenvalue weighted by molar-refractivity contribution is 7.20. The van der Waals surface area contributed by atoms with Gasteiger partial charge in [-0.25, -0.2) is 9.97 Å². The second-order valence-electron chi connectivity index (χ2n) is 13.0. The number of pyridine rings is 1. The SMILES string of the molecule is [2H]C([2H])([2H])C1(C([2H])([2H])[2H])c2ccccc2Oc2c1cccc2[Si](c1ccccc1)(c1ccccc1)c1ccnc(-n2c3ccccc3n3c4ccccc4nc23)c1. The minimum Gasteiger partial charge on any atom is -0.457 e. The van der Waals surface area contributed by atoms with Crippen molar-refractivity contribution >= 4 is 56.7 Å². The van der Waals surface area contributed by atoms with E-state index in [9.17, 15) is 0 Å². The molecule has 0 spiro atoms. The molecule has 0 radical (unpaired) electrons. The summed E-state index contributed by atoms with van der Waals surface area (Å²) in [5, 5.41) is 3.63. The van der Waals surface area contributed by atoms with Gasteiger partial charge in [0.2, 0.25) is 5.78 Å². The molecule has 4 heterocycles. The van der Waals surface area contributed by atoms with Crippen LogP contribution in [-0.2, 0) is 5.41 Å². The molecule has 6 aromatic carbocycles. The van der Waals surface area contributed by atoms with Crippen LogP contribution in [0.3, 0.4) is 0 Å². The van der Waals surface area contributed by atoms with Crippen molar-refractivity contribution in [2.24, 2.45) is 0 Å². The molecule has 0 amide bonds. The normalized spacial score (nSPS) is 15.8. The summed E-state index contributed by atoms with van der Waals surface area (Å²) < 4.78 is 65.1. The summed E-state index contributed by atoms with van der Waals surface area (Å²) in [4.78, 5) is 10.1. The third-order valence-electron chi connectivity index (χ3n) is 10.3. The Balaban J connectivity index is 1.34. The molecule has 0 atom stereocenters. The minimum atomic E-state index is -3.56. The van der Waals surface area contributed by atoms with E-state index in [4.69, 9.17) is 22.9 Å². The third kappa shape index (κ3) is 4.20. The van der Waals surface area contributed by atoms with Gasteiger partial charge in [0.25, 0.3) is 0 Å². The zero-order valence-electron chi connectivity index (χ0n) is 33.4. The van der Waals surface area contributed by atoms with Gasteiger partial charge < -0.3 is 4.74 Å². The molecule has 0 unspecified atom stereocenters. The number of fused-ring (bicyclic) bond motifs is 7. The molecule has 51 heavy (non-hydrogen) atoms. The maximum absolute atomic E-state index is 9.00. The summed E-state index contributed by atoms with van der Waals surface area (Å²) in [6.45, 7) is -5.96. The first kappa shape index (κ1) is 24.0. The first-order valence-electron chi connectivity index (χ1n) is 19.9. The van der Waals surface area contributed by atoms with Crippen molar-refractivity contribution in [2.75, 3.05) is 0 Å². The van der Waals surface area contributed by atoms with Crippen LogP contribution in [-0.4, -0.2) is 27.0 Å². The predicted molar refractivity (Wildman–Crippen MR) is 210 cm³/mol. The molecule has 1 aliphatic rings. The number of aromatic nitrogens is 4. The van der Waals surface area contributed by atoms with E-state index in [0.717, 1.165) is 42.8 Å². The Hall–Kier alpha value is -6.24. The standard InChI is InChI=1S/C45H34N4OSi/c1-45(2)34-20-9-14-26-40(34)50-43-35(45)21-15-27-41(43)51(31-16-5-3-6-17-31,32-18-7-4-8-19-32)33-28-29-46-42(30-33)49-39-25-13-12-24-38(39)48-37-23-11-10-22-36(37)47-44(48)49/h3-30H,1-2H3/i1D3,2D3. The summed E-state index contributed by atoms with van der Waals surface area (Å²) in [6.07, 6.45) is 1.81. The molecule has 6 heteroatoms. The number of imidazole rings is 2. The molecule has 1 aliphatic heterocycles. The number of hydrogen-bond acceptors (Lipinski definition) is 3. The molecule has 0 saturated carbocycles. The van der Waals surface area contributed by atoms with E-state index in [1.54, 1.807) is 36.4 Å². The fraction of sp³-hybridized carbons (Fsp3) is 0.0667. The van der Waals surface area contributed by atoms with Gasteiger partial charge in [0.1, 0.15) is 17.3 Å². The van der Waals surface area contributed by atoms with Crippen molar-refractivity contribution in [3.8, 4) is 17.3 Å². The highest BCUT2D eigenvalue weighted by atomic mass is 28.3. The largest absolute Gasteiger partial charge is 0.457 e. The van der Waals surface area contributed by atoms with Crippen molar-refractivity contribution in [1.29, 1.82) is 0 Å². The average Bonchev–Trinajstić information content (AvgIpc) is 3.75. The van der Waals surface area contributed by atoms with E-state index < -0.39 is 27.2 Å². The third-order valence-corrected chi connectivity index (χ3v) is 15.0. The smallest absolute Gasteiger partial charge is 0.221 e. The van der Waals surface area contributed by atoms with Crippen LogP contribution in [0.2, 0.25) is 0 Å². The molecule has 0 bridgehead atoms. The van der Waals surface area contributed by atoms with Crippen LogP contribution in [0.5, 0.6) is 11.5 Å². The Morgan fingerprint density at radius 2 is 1.25 bits per heavy atom. The van der Waals surface area contributed by atoms with Gasteiger partial charge in [0.15, 0.2) is 8.07 Å². The van der Waals surface area contributed by atoms with Crippen molar-refractivity contribution < 1.29 is 13.0 Å². The van der Waals surface area contributed by atoms with Gasteiger partial charge in [-0.3, -0.25) is 8.97 Å². The fourth-order valence-electron chi connectivity index (χ4n) is 8.05. The van der Waals surface area contributed by atoms with E-state index in [-0.39, 0.29) is 22.6 Å². The molecule has 0 saturated heterocycles. The quantitative estimate of drug-likeness (QED) is 0.139. The number of nitrogens with zero attached hydrogens (tertiary/aromatic N) is 4. The van der Waals surface area contributed by atoms with Gasteiger partial charge in [0.05, 0.1) is 22.1 Å². The van der Waals surface area contributed by atoms with Gasteiger partial charge in [-0.15, -0.1) is 0 Å². The highest BCUT2D eigenvalue weighted by Gasteiger charge is 2.47. The average molecular weight is 681 g/mol. The molecule has 10 rings (SSSR count). The van der Waals surface area contributed by atoms with Crippen molar-refractivity contribution in [3.05, 3.63) is 181 Å². The molecule has 0 fully saturated rings. The van der Waals surface area contributed by atoms with Crippen LogP contribution in [0.15, 0.2) is 170 Å². The second kappa shape index (κ2) is 11.1. The molecule has 244 valence electrons. The lowest BCUT2D eigenvalue weighted by Gasteiger charge is -2.40. The lowest BCUT2D eigenvalue weighted by atomic mass is 9.76. The van der Waals surface area contributed by atoms with Crippen LogP contribution in [0.25, 0.3) is 33.7 Å². The van der Waals surface area contributed by atoms with Crippen LogP contribution >= 0.6 is 0 Å². The van der Waals surface area contributed by atoms with Crippen molar-refractivity contribution in [3.63, 3.8) is 0 Å². The molecule has 5 nitrogen and oxygen atoms in total. The van der Waals surface area contributed by atoms with Crippen LogP contribution in [0.4, 0.5) is 0 Å². The Bertz CT molecular complexity index is 2940. The predicted octanol–water partition coefficient (Wildman–Crippen LogP) is 7.64. The van der Waals surface area contributed by atoms with Crippen molar-refractivity contribution in [1.82, 2.24) is 18.9 Å². The summed E-state index contributed by atoms with van der Waals surface area (Å²) in [7, 11) is -3.56. The minimum absolute atomic E-state index is 0.110. The highest BCUT2D eigenvalue weighted by Crippen LogP contribution is 2.47. The lowest BCUT2D eigenvalue weighted by molar-refractivity contribution is 0.421. The molecule has 9 aromatic rings. The van der Waals surface area contributed by atoms with Crippen LogP contribution in [0.1, 0.15) is 33.1 Å². The number of para-hydroxylation sites is 6. The van der Waals surface area contributed by atoms with Crippen LogP contribution < -0.4 is 25.5 Å². The fourth-order valence-corrected chi connectivity index (χ4v) is 12.9. The maximum Gasteiger partial charge on any atom is 0.221 e. The maximum atomic E-state index is 9.00. The molecular weight excluding hydrogens is 641 g/mol. The summed E-state index contributed by atoms with van der Waals surface area (Å²) in [6, 6.07) is 52.7. The summed E-state index contributed by atoms with van der Waals surface area (Å²) >= 11 is 0. The molecule has 0 N–H and O–H groups in total. The van der Waals surface area contributed by atoms with Gasteiger partial charge in [-0.2, -0.15) is 0 Å². The van der Waals surface area contributed by atoms with Gasteiger partial charge in [-0.1, -0.05) is 135 Å². The van der Waals surface area contributed by atoms with E-state index >= 15 is 0 Å². The van der Waals surface area contributed by atoms with E-state index in [0.29, 0.717) is 11.6 Å². The summed E-state index contributed by atoms with van der Waals surface area (Å²) in [5.41, 5.74) is 1.60. The first-order valence-corrected chi connectivity index (χ1v) is 18.9. The lowest BCUT2D eigenvalue weighted by Crippen LogP contribution is -2.75. The van der Waals surface area contributed by atoms with E-state index in [1.807, 2.05) is 85.1 Å². The number of hydrogen-bond donors (Lipinski definition) is 0.